The molecule has 2 aromatic rings. The third kappa shape index (κ3) is 2.57. The molecule has 0 aliphatic carbocycles. The second kappa shape index (κ2) is 4.89. The molecule has 5 heteroatoms. The maximum absolute atomic E-state index is 5.97. The van der Waals surface area contributed by atoms with Crippen LogP contribution in [0.3, 0.4) is 0 Å². The van der Waals surface area contributed by atoms with Gasteiger partial charge in [0.2, 0.25) is 5.89 Å². The Morgan fingerprint density at radius 1 is 1.50 bits per heavy atom. The molecule has 0 aliphatic heterocycles. The molecule has 0 unspecified atom stereocenters. The predicted molar refractivity (Wildman–Crippen MR) is 67.7 cm³/mol. The van der Waals surface area contributed by atoms with Crippen LogP contribution in [-0.2, 0) is 6.54 Å². The van der Waals surface area contributed by atoms with E-state index in [1.807, 2.05) is 25.1 Å². The molecule has 1 aromatic heterocycles. The van der Waals surface area contributed by atoms with E-state index in [9.17, 15) is 0 Å². The summed E-state index contributed by atoms with van der Waals surface area (Å²) in [4.78, 5) is 4.11. The fourth-order valence-corrected chi connectivity index (χ4v) is 1.87. The summed E-state index contributed by atoms with van der Waals surface area (Å²) in [7, 11) is 0. The molecular formula is C11H10BrClN2O. The minimum absolute atomic E-state index is 0.535. The minimum Gasteiger partial charge on any atom is -0.444 e. The predicted octanol–water partition coefficient (Wildman–Crippen LogP) is 4.01. The summed E-state index contributed by atoms with van der Waals surface area (Å²) >= 11 is 9.39. The summed E-state index contributed by atoms with van der Waals surface area (Å²) in [6.07, 6.45) is 1.70. The van der Waals surface area contributed by atoms with Gasteiger partial charge >= 0.3 is 0 Å². The van der Waals surface area contributed by atoms with Gasteiger partial charge in [-0.2, -0.15) is 0 Å². The van der Waals surface area contributed by atoms with Gasteiger partial charge in [-0.05, 0) is 35.0 Å². The molecule has 0 spiro atoms. The Morgan fingerprint density at radius 3 is 3.00 bits per heavy atom. The van der Waals surface area contributed by atoms with Gasteiger partial charge in [0, 0.05) is 0 Å². The minimum atomic E-state index is 0.535. The largest absolute Gasteiger partial charge is 0.444 e. The topological polar surface area (TPSA) is 38.1 Å². The first kappa shape index (κ1) is 11.5. The van der Waals surface area contributed by atoms with E-state index in [-0.39, 0.29) is 0 Å². The van der Waals surface area contributed by atoms with Crippen LogP contribution < -0.4 is 5.32 Å². The Hall–Kier alpha value is -1.000. The molecule has 84 valence electrons. The van der Waals surface area contributed by atoms with Gasteiger partial charge in [-0.25, -0.2) is 4.98 Å². The lowest BCUT2D eigenvalue weighted by atomic mass is 10.3. The maximum atomic E-state index is 5.97. The van der Waals surface area contributed by atoms with E-state index in [4.69, 9.17) is 16.0 Å². The average Bonchev–Trinajstić information content (AvgIpc) is 2.67. The number of hydrogen-bond acceptors (Lipinski definition) is 3. The third-order valence-corrected chi connectivity index (χ3v) is 3.45. The summed E-state index contributed by atoms with van der Waals surface area (Å²) in [6, 6.07) is 5.65. The van der Waals surface area contributed by atoms with E-state index >= 15 is 0 Å². The van der Waals surface area contributed by atoms with E-state index in [0.717, 1.165) is 15.9 Å². The number of nitrogens with one attached hydrogen (secondary N) is 1. The van der Waals surface area contributed by atoms with Crippen molar-refractivity contribution in [1.82, 2.24) is 4.98 Å². The Kier molecular flexibility index (Phi) is 3.51. The molecule has 1 heterocycles. The van der Waals surface area contributed by atoms with Gasteiger partial charge in [-0.3, -0.25) is 0 Å². The van der Waals surface area contributed by atoms with Gasteiger partial charge in [-0.15, -0.1) is 0 Å². The molecule has 3 nitrogen and oxygen atoms in total. The van der Waals surface area contributed by atoms with Crippen molar-refractivity contribution in [3.8, 4) is 0 Å². The molecule has 0 bridgehead atoms. The number of aryl methyl sites for hydroxylation is 1. The van der Waals surface area contributed by atoms with E-state index in [1.165, 1.54) is 0 Å². The lowest BCUT2D eigenvalue weighted by Crippen LogP contribution is -2.00. The molecule has 0 saturated carbocycles. The molecule has 2 rings (SSSR count). The molecule has 0 fully saturated rings. The highest BCUT2D eigenvalue weighted by Crippen LogP contribution is 2.30. The Balaban J connectivity index is 2.07. The third-order valence-electron chi connectivity index (χ3n) is 2.05. The van der Waals surface area contributed by atoms with Crippen molar-refractivity contribution < 1.29 is 4.42 Å². The smallest absolute Gasteiger partial charge is 0.213 e. The van der Waals surface area contributed by atoms with Gasteiger partial charge in [0.15, 0.2) is 0 Å². The summed E-state index contributed by atoms with van der Waals surface area (Å²) in [5.74, 6) is 1.46. The Labute approximate surface area is 107 Å². The number of halogens is 2. The molecule has 0 atom stereocenters. The fraction of sp³-hybridized carbons (Fsp3) is 0.182. The number of hydrogen-bond donors (Lipinski definition) is 1. The first-order valence-electron chi connectivity index (χ1n) is 4.76. The maximum Gasteiger partial charge on any atom is 0.213 e. The first-order valence-corrected chi connectivity index (χ1v) is 5.93. The van der Waals surface area contributed by atoms with Gasteiger partial charge in [0.25, 0.3) is 0 Å². The normalized spacial score (nSPS) is 10.4. The molecule has 1 aromatic carbocycles. The van der Waals surface area contributed by atoms with Crippen LogP contribution in [0.4, 0.5) is 5.69 Å². The lowest BCUT2D eigenvalue weighted by molar-refractivity contribution is 0.479. The van der Waals surface area contributed by atoms with Crippen molar-refractivity contribution in [2.45, 2.75) is 13.5 Å². The van der Waals surface area contributed by atoms with Crippen molar-refractivity contribution in [1.29, 1.82) is 0 Å². The average molecular weight is 302 g/mol. The summed E-state index contributed by atoms with van der Waals surface area (Å²) in [5, 5.41) is 3.87. The Bertz CT molecular complexity index is 498. The zero-order chi connectivity index (χ0) is 11.5. The second-order valence-electron chi connectivity index (χ2n) is 3.32. The summed E-state index contributed by atoms with van der Waals surface area (Å²) in [6.45, 7) is 2.40. The molecule has 0 aliphatic rings. The van der Waals surface area contributed by atoms with Crippen LogP contribution in [0.25, 0.3) is 0 Å². The van der Waals surface area contributed by atoms with E-state index in [1.54, 1.807) is 6.20 Å². The SMILES string of the molecule is Cc1cnc(CNc2cccc(Cl)c2Br)o1. The molecular weight excluding hydrogens is 291 g/mol. The highest BCUT2D eigenvalue weighted by atomic mass is 79.9. The number of benzene rings is 1. The quantitative estimate of drug-likeness (QED) is 0.931. The Morgan fingerprint density at radius 2 is 2.31 bits per heavy atom. The van der Waals surface area contributed by atoms with Crippen LogP contribution in [0.5, 0.6) is 0 Å². The van der Waals surface area contributed by atoms with Gasteiger partial charge in [0.05, 0.1) is 27.9 Å². The van der Waals surface area contributed by atoms with E-state index < -0.39 is 0 Å². The van der Waals surface area contributed by atoms with Crippen LogP contribution in [0, 0.1) is 6.92 Å². The number of oxazole rings is 1. The first-order chi connectivity index (χ1) is 7.66. The molecule has 16 heavy (non-hydrogen) atoms. The summed E-state index contributed by atoms with van der Waals surface area (Å²) in [5.41, 5.74) is 0.920. The van der Waals surface area contributed by atoms with E-state index in [2.05, 4.69) is 26.2 Å². The lowest BCUT2D eigenvalue weighted by Gasteiger charge is -2.07. The van der Waals surface area contributed by atoms with Gasteiger partial charge < -0.3 is 9.73 Å². The van der Waals surface area contributed by atoms with Crippen molar-refractivity contribution >= 4 is 33.2 Å². The molecule has 1 N–H and O–H groups in total. The molecule has 0 saturated heterocycles. The number of rotatable bonds is 3. The second-order valence-corrected chi connectivity index (χ2v) is 4.52. The zero-order valence-electron chi connectivity index (χ0n) is 8.63. The van der Waals surface area contributed by atoms with Crippen LogP contribution in [0.15, 0.2) is 33.3 Å². The van der Waals surface area contributed by atoms with Crippen LogP contribution >= 0.6 is 27.5 Å². The van der Waals surface area contributed by atoms with Crippen LogP contribution in [-0.4, -0.2) is 4.98 Å². The van der Waals surface area contributed by atoms with Gasteiger partial charge in [0.1, 0.15) is 5.76 Å². The molecule has 0 radical (unpaired) electrons. The summed E-state index contributed by atoms with van der Waals surface area (Å²) < 4.78 is 6.20. The van der Waals surface area contributed by atoms with Crippen molar-refractivity contribution in [3.05, 3.63) is 45.5 Å². The van der Waals surface area contributed by atoms with Crippen molar-refractivity contribution in [2.75, 3.05) is 5.32 Å². The fourth-order valence-electron chi connectivity index (χ4n) is 1.29. The van der Waals surface area contributed by atoms with Crippen LogP contribution in [0.2, 0.25) is 5.02 Å². The monoisotopic (exact) mass is 300 g/mol. The van der Waals surface area contributed by atoms with Crippen LogP contribution in [0.1, 0.15) is 11.7 Å². The number of nitrogens with zero attached hydrogens (tertiary/aromatic N) is 1. The van der Waals surface area contributed by atoms with E-state index in [0.29, 0.717) is 17.5 Å². The zero-order valence-corrected chi connectivity index (χ0v) is 11.0. The van der Waals surface area contributed by atoms with Crippen molar-refractivity contribution in [2.24, 2.45) is 0 Å². The van der Waals surface area contributed by atoms with Crippen molar-refractivity contribution in [3.63, 3.8) is 0 Å². The standard InChI is InChI=1S/C11H10BrClN2O/c1-7-5-15-10(16-7)6-14-9-4-2-3-8(13)11(9)12/h2-5,14H,6H2,1H3. The highest BCUT2D eigenvalue weighted by molar-refractivity contribution is 9.10. The molecule has 0 amide bonds. The number of aromatic nitrogens is 1. The number of anilines is 1. The highest BCUT2D eigenvalue weighted by Gasteiger charge is 2.05. The van der Waals surface area contributed by atoms with Gasteiger partial charge in [-0.1, -0.05) is 17.7 Å².